The number of phenolic OH excluding ortho intramolecular Hbond substituents is 2. The summed E-state index contributed by atoms with van der Waals surface area (Å²) >= 11 is 0. The van der Waals surface area contributed by atoms with Gasteiger partial charge in [-0.3, -0.25) is 9.59 Å². The molecule has 3 rings (SSSR count). The minimum Gasteiger partial charge on any atom is -0.507 e. The van der Waals surface area contributed by atoms with E-state index in [1.165, 1.54) is 24.3 Å². The van der Waals surface area contributed by atoms with Crippen LogP contribution in [-0.4, -0.2) is 21.8 Å². The van der Waals surface area contributed by atoms with Crippen LogP contribution < -0.4 is 5.73 Å². The topological polar surface area (TPSA) is 101 Å². The average molecular weight is 283 g/mol. The van der Waals surface area contributed by atoms with Gasteiger partial charge in [-0.25, -0.2) is 0 Å². The Balaban J connectivity index is 2.41. The third-order valence-corrected chi connectivity index (χ3v) is 3.78. The number of nitrogen functional groups attached to an aromatic ring is 1. The number of benzene rings is 2. The standard InChI is InChI=1S/C16H13NO4/c1-2-7-6-10(19)12-13(14(7)17)16(21)11-8(15(12)20)4-3-5-9(11)18/h3-6,18-19H,2,17H2,1H3. The van der Waals surface area contributed by atoms with Gasteiger partial charge in [-0.1, -0.05) is 19.1 Å². The molecule has 0 aromatic heterocycles. The molecule has 0 radical (unpaired) electrons. The van der Waals surface area contributed by atoms with E-state index in [4.69, 9.17) is 5.73 Å². The Morgan fingerprint density at radius 2 is 1.71 bits per heavy atom. The molecule has 5 heteroatoms. The van der Waals surface area contributed by atoms with Crippen LogP contribution >= 0.6 is 0 Å². The largest absolute Gasteiger partial charge is 0.507 e. The van der Waals surface area contributed by atoms with Crippen molar-refractivity contribution in [2.24, 2.45) is 0 Å². The maximum Gasteiger partial charge on any atom is 0.200 e. The number of anilines is 1. The molecule has 5 nitrogen and oxygen atoms in total. The normalized spacial score (nSPS) is 13.0. The van der Waals surface area contributed by atoms with Crippen molar-refractivity contribution in [3.8, 4) is 11.5 Å². The number of phenols is 2. The van der Waals surface area contributed by atoms with E-state index >= 15 is 0 Å². The highest BCUT2D eigenvalue weighted by Crippen LogP contribution is 2.40. The number of carbonyl (C=O) groups excluding carboxylic acids is 2. The molecule has 0 spiro atoms. The van der Waals surface area contributed by atoms with Crippen molar-refractivity contribution >= 4 is 17.3 Å². The molecule has 0 unspecified atom stereocenters. The van der Waals surface area contributed by atoms with Crippen LogP contribution in [0.1, 0.15) is 44.3 Å². The Bertz CT molecular complexity index is 808. The summed E-state index contributed by atoms with van der Waals surface area (Å²) in [5, 5.41) is 20.0. The van der Waals surface area contributed by atoms with Crippen LogP contribution in [0.2, 0.25) is 0 Å². The lowest BCUT2D eigenvalue weighted by atomic mass is 9.81. The van der Waals surface area contributed by atoms with E-state index in [-0.39, 0.29) is 39.4 Å². The van der Waals surface area contributed by atoms with E-state index in [9.17, 15) is 19.8 Å². The molecule has 0 saturated heterocycles. The third-order valence-electron chi connectivity index (χ3n) is 3.78. The first-order chi connectivity index (χ1) is 9.97. The molecule has 4 N–H and O–H groups in total. The minimum absolute atomic E-state index is 0.0224. The van der Waals surface area contributed by atoms with Gasteiger partial charge < -0.3 is 15.9 Å². The van der Waals surface area contributed by atoms with Crippen LogP contribution in [0.4, 0.5) is 5.69 Å². The molecule has 0 heterocycles. The van der Waals surface area contributed by atoms with E-state index in [1.807, 2.05) is 6.92 Å². The van der Waals surface area contributed by atoms with E-state index in [1.54, 1.807) is 0 Å². The van der Waals surface area contributed by atoms with Crippen molar-refractivity contribution in [3.05, 3.63) is 52.1 Å². The molecule has 0 bridgehead atoms. The van der Waals surface area contributed by atoms with Gasteiger partial charge in [-0.15, -0.1) is 0 Å². The smallest absolute Gasteiger partial charge is 0.200 e. The number of rotatable bonds is 1. The van der Waals surface area contributed by atoms with Crippen molar-refractivity contribution in [3.63, 3.8) is 0 Å². The Morgan fingerprint density at radius 3 is 2.38 bits per heavy atom. The van der Waals surface area contributed by atoms with E-state index in [0.717, 1.165) is 0 Å². The quantitative estimate of drug-likeness (QED) is 0.468. The fourth-order valence-corrected chi connectivity index (χ4v) is 2.72. The lowest BCUT2D eigenvalue weighted by molar-refractivity contribution is 0.0975. The summed E-state index contributed by atoms with van der Waals surface area (Å²) < 4.78 is 0. The molecular weight excluding hydrogens is 270 g/mol. The molecule has 1 aliphatic carbocycles. The maximum atomic E-state index is 12.6. The number of aromatic hydroxyl groups is 2. The number of carbonyl (C=O) groups is 2. The second kappa shape index (κ2) is 4.34. The summed E-state index contributed by atoms with van der Waals surface area (Å²) in [7, 11) is 0. The highest BCUT2D eigenvalue weighted by molar-refractivity contribution is 6.31. The summed E-state index contributed by atoms with van der Waals surface area (Å²) in [4.78, 5) is 25.1. The van der Waals surface area contributed by atoms with Gasteiger partial charge in [0.05, 0.1) is 16.7 Å². The van der Waals surface area contributed by atoms with Crippen LogP contribution in [0, 0.1) is 0 Å². The lowest BCUT2D eigenvalue weighted by Gasteiger charge is -2.22. The molecule has 21 heavy (non-hydrogen) atoms. The molecule has 0 amide bonds. The monoisotopic (exact) mass is 283 g/mol. The summed E-state index contributed by atoms with van der Waals surface area (Å²) in [6, 6.07) is 5.68. The van der Waals surface area contributed by atoms with Crippen molar-refractivity contribution in [1.82, 2.24) is 0 Å². The zero-order valence-electron chi connectivity index (χ0n) is 11.3. The van der Waals surface area contributed by atoms with E-state index in [2.05, 4.69) is 0 Å². The van der Waals surface area contributed by atoms with Crippen LogP contribution in [0.25, 0.3) is 0 Å². The minimum atomic E-state index is -0.541. The van der Waals surface area contributed by atoms with E-state index in [0.29, 0.717) is 12.0 Å². The number of fused-ring (bicyclic) bond motifs is 2. The number of aryl methyl sites for hydroxylation is 1. The Labute approximate surface area is 120 Å². The van der Waals surface area contributed by atoms with Crippen LogP contribution in [-0.2, 0) is 6.42 Å². The molecule has 1 aliphatic rings. The van der Waals surface area contributed by atoms with Gasteiger partial charge in [0.25, 0.3) is 0 Å². The molecule has 106 valence electrons. The highest BCUT2D eigenvalue weighted by atomic mass is 16.3. The maximum absolute atomic E-state index is 12.6. The zero-order valence-corrected chi connectivity index (χ0v) is 11.3. The number of nitrogens with two attached hydrogens (primary N) is 1. The second-order valence-corrected chi connectivity index (χ2v) is 4.93. The average Bonchev–Trinajstić information content (AvgIpc) is 2.46. The highest BCUT2D eigenvalue weighted by Gasteiger charge is 2.36. The summed E-state index contributed by atoms with van der Waals surface area (Å²) in [5.41, 5.74) is 6.65. The summed E-state index contributed by atoms with van der Waals surface area (Å²) in [5.74, 6) is -1.58. The Hall–Kier alpha value is -2.82. The molecular formula is C16H13NO4. The molecule has 0 fully saturated rings. The van der Waals surface area contributed by atoms with Gasteiger partial charge in [-0.05, 0) is 24.1 Å². The second-order valence-electron chi connectivity index (χ2n) is 4.93. The van der Waals surface area contributed by atoms with Crippen LogP contribution in [0.5, 0.6) is 11.5 Å². The SMILES string of the molecule is CCc1cc(O)c2c(c1N)C(=O)c1c(O)cccc1C2=O. The van der Waals surface area contributed by atoms with Gasteiger partial charge in [0.2, 0.25) is 0 Å². The van der Waals surface area contributed by atoms with Crippen LogP contribution in [0.15, 0.2) is 24.3 Å². The van der Waals surface area contributed by atoms with Crippen molar-refractivity contribution in [2.45, 2.75) is 13.3 Å². The zero-order chi connectivity index (χ0) is 15.3. The molecule has 0 atom stereocenters. The van der Waals surface area contributed by atoms with Gasteiger partial charge in [0.1, 0.15) is 11.5 Å². The molecule has 2 aromatic carbocycles. The predicted molar refractivity (Wildman–Crippen MR) is 76.9 cm³/mol. The fourth-order valence-electron chi connectivity index (χ4n) is 2.72. The number of hydrogen-bond acceptors (Lipinski definition) is 5. The molecule has 0 saturated carbocycles. The van der Waals surface area contributed by atoms with Crippen molar-refractivity contribution in [1.29, 1.82) is 0 Å². The first-order valence-electron chi connectivity index (χ1n) is 6.53. The van der Waals surface area contributed by atoms with Gasteiger partial charge in [0, 0.05) is 11.3 Å². The Kier molecular flexibility index (Phi) is 2.73. The van der Waals surface area contributed by atoms with Crippen LogP contribution in [0.3, 0.4) is 0 Å². The third kappa shape index (κ3) is 1.64. The van der Waals surface area contributed by atoms with Gasteiger partial charge in [0.15, 0.2) is 11.6 Å². The lowest BCUT2D eigenvalue weighted by Crippen LogP contribution is -2.23. The first kappa shape index (κ1) is 13.2. The Morgan fingerprint density at radius 1 is 1.00 bits per heavy atom. The molecule has 2 aromatic rings. The summed E-state index contributed by atoms with van der Waals surface area (Å²) in [6.45, 7) is 1.83. The number of hydrogen-bond donors (Lipinski definition) is 3. The summed E-state index contributed by atoms with van der Waals surface area (Å²) in [6.07, 6.45) is 0.516. The van der Waals surface area contributed by atoms with Crippen molar-refractivity contribution < 1.29 is 19.8 Å². The fraction of sp³-hybridized carbons (Fsp3) is 0.125. The predicted octanol–water partition coefficient (Wildman–Crippen LogP) is 2.02. The van der Waals surface area contributed by atoms with Gasteiger partial charge in [-0.2, -0.15) is 0 Å². The first-order valence-corrected chi connectivity index (χ1v) is 6.53. The van der Waals surface area contributed by atoms with Crippen molar-refractivity contribution in [2.75, 3.05) is 5.73 Å². The van der Waals surface area contributed by atoms with E-state index < -0.39 is 11.6 Å². The number of ketones is 2. The molecule has 0 aliphatic heterocycles. The van der Waals surface area contributed by atoms with Gasteiger partial charge >= 0.3 is 0 Å².